The monoisotopic (exact) mass is 520 g/mol. The molecule has 2 heterocycles. The molecule has 0 radical (unpaired) electrons. The van der Waals surface area contributed by atoms with Crippen LogP contribution in [-0.2, 0) is 17.6 Å². The van der Waals surface area contributed by atoms with Crippen LogP contribution in [0.4, 0.5) is 11.5 Å². The lowest BCUT2D eigenvalue weighted by molar-refractivity contribution is -0.131. The summed E-state index contributed by atoms with van der Waals surface area (Å²) in [6.45, 7) is 3.41. The first kappa shape index (κ1) is 22.3. The summed E-state index contributed by atoms with van der Waals surface area (Å²) in [6, 6.07) is 12.2. The fourth-order valence-corrected chi connectivity index (χ4v) is 3.99. The molecule has 1 saturated heterocycles. The number of rotatable bonds is 5. The number of piperazine rings is 1. The van der Waals surface area contributed by atoms with Gasteiger partial charge < -0.3 is 20.9 Å². The molecular weight excluding hydrogens is 491 g/mol. The van der Waals surface area contributed by atoms with Crippen LogP contribution in [0.5, 0.6) is 0 Å². The molecule has 0 spiro atoms. The highest BCUT2D eigenvalue weighted by Gasteiger charge is 2.21. The summed E-state index contributed by atoms with van der Waals surface area (Å²) < 4.78 is 0. The normalized spacial score (nSPS) is 16.1. The number of pyridine rings is 1. The zero-order valence-corrected chi connectivity index (χ0v) is 19.4. The first-order valence-electron chi connectivity index (χ1n) is 10.3. The van der Waals surface area contributed by atoms with E-state index in [-0.39, 0.29) is 29.9 Å². The molecule has 0 bridgehead atoms. The van der Waals surface area contributed by atoms with Crippen molar-refractivity contribution in [1.29, 1.82) is 0 Å². The van der Waals surface area contributed by atoms with E-state index >= 15 is 0 Å². The molecule has 2 aliphatic rings. The molecule has 4 rings (SSSR count). The maximum absolute atomic E-state index is 12.5. The van der Waals surface area contributed by atoms with Gasteiger partial charge >= 0.3 is 0 Å². The van der Waals surface area contributed by atoms with Gasteiger partial charge in [-0.15, -0.1) is 24.0 Å². The van der Waals surface area contributed by atoms with Crippen molar-refractivity contribution in [2.24, 2.45) is 10.7 Å². The average Bonchev–Trinajstić information content (AvgIpc) is 3.22. The Bertz CT molecular complexity index is 880. The van der Waals surface area contributed by atoms with Gasteiger partial charge in [-0.25, -0.2) is 4.98 Å². The summed E-state index contributed by atoms with van der Waals surface area (Å²) in [6.07, 6.45) is 5.68. The molecule has 0 saturated carbocycles. The highest BCUT2D eigenvalue weighted by atomic mass is 127. The molecule has 2 aromatic rings. The van der Waals surface area contributed by atoms with Gasteiger partial charge in [0.15, 0.2) is 5.96 Å². The summed E-state index contributed by atoms with van der Waals surface area (Å²) >= 11 is 0. The molecule has 1 aliphatic heterocycles. The van der Waals surface area contributed by atoms with E-state index in [4.69, 9.17) is 5.73 Å². The second-order valence-electron chi connectivity index (χ2n) is 7.53. The SMILES string of the molecule is I.NC(=NCCC(=O)N1CCN(c2ccccn2)CC1)Nc1ccc2c(c1)CCC2. The van der Waals surface area contributed by atoms with Crippen molar-refractivity contribution >= 4 is 47.3 Å². The Labute approximate surface area is 194 Å². The Balaban J connectivity index is 0.00000256. The number of guanidine groups is 1. The quantitative estimate of drug-likeness (QED) is 0.360. The van der Waals surface area contributed by atoms with Crippen molar-refractivity contribution in [3.05, 3.63) is 53.7 Å². The van der Waals surface area contributed by atoms with Gasteiger partial charge in [-0.05, 0) is 54.7 Å². The van der Waals surface area contributed by atoms with E-state index in [0.717, 1.165) is 37.4 Å². The van der Waals surface area contributed by atoms with Gasteiger partial charge in [0.05, 0.1) is 6.54 Å². The molecule has 0 unspecified atom stereocenters. The van der Waals surface area contributed by atoms with Gasteiger partial charge in [0, 0.05) is 44.5 Å². The number of halogens is 1. The first-order chi connectivity index (χ1) is 14.2. The number of carbonyl (C=O) groups excluding carboxylic acids is 1. The standard InChI is InChI=1S/C22H28N6O.HI/c23-22(26-19-8-7-17-4-3-5-18(17)16-19)25-11-9-21(29)28-14-12-27(13-15-28)20-6-1-2-10-24-20;/h1-2,6-8,10,16H,3-5,9,11-15H2,(H3,23,25,26);1H. The fraction of sp³-hybridized carbons (Fsp3) is 0.409. The lowest BCUT2D eigenvalue weighted by Crippen LogP contribution is -2.49. The van der Waals surface area contributed by atoms with Crippen LogP contribution in [0, 0.1) is 0 Å². The van der Waals surface area contributed by atoms with Crippen molar-refractivity contribution in [1.82, 2.24) is 9.88 Å². The van der Waals surface area contributed by atoms with Crippen LogP contribution in [0.3, 0.4) is 0 Å². The van der Waals surface area contributed by atoms with Crippen LogP contribution in [0.25, 0.3) is 0 Å². The van der Waals surface area contributed by atoms with E-state index in [2.05, 4.69) is 32.3 Å². The number of nitrogens with one attached hydrogen (secondary N) is 1. The molecule has 1 aromatic heterocycles. The van der Waals surface area contributed by atoms with Crippen LogP contribution in [0.15, 0.2) is 47.6 Å². The van der Waals surface area contributed by atoms with E-state index in [0.29, 0.717) is 32.0 Å². The smallest absolute Gasteiger partial charge is 0.224 e. The number of fused-ring (bicyclic) bond motifs is 1. The minimum Gasteiger partial charge on any atom is -0.370 e. The molecule has 1 aliphatic carbocycles. The number of hydrogen-bond acceptors (Lipinski definition) is 4. The third kappa shape index (κ3) is 5.62. The van der Waals surface area contributed by atoms with Crippen LogP contribution in [0.2, 0.25) is 0 Å². The van der Waals surface area contributed by atoms with E-state index in [1.54, 1.807) is 6.20 Å². The Hall–Kier alpha value is -2.36. The van der Waals surface area contributed by atoms with Gasteiger partial charge in [-0.2, -0.15) is 0 Å². The van der Waals surface area contributed by atoms with Crippen LogP contribution in [-0.4, -0.2) is 54.5 Å². The van der Waals surface area contributed by atoms with E-state index < -0.39 is 0 Å². The van der Waals surface area contributed by atoms with Gasteiger partial charge in [0.2, 0.25) is 5.91 Å². The van der Waals surface area contributed by atoms with Gasteiger partial charge in [0.25, 0.3) is 0 Å². The topological polar surface area (TPSA) is 86.8 Å². The molecule has 1 fully saturated rings. The summed E-state index contributed by atoms with van der Waals surface area (Å²) in [4.78, 5) is 25.3. The Kier molecular flexibility index (Phi) is 7.89. The maximum atomic E-state index is 12.5. The van der Waals surface area contributed by atoms with Gasteiger partial charge in [-0.1, -0.05) is 12.1 Å². The van der Waals surface area contributed by atoms with Crippen molar-refractivity contribution in [2.75, 3.05) is 42.9 Å². The van der Waals surface area contributed by atoms with E-state index in [1.165, 1.54) is 17.5 Å². The second-order valence-corrected chi connectivity index (χ2v) is 7.53. The van der Waals surface area contributed by atoms with E-state index in [1.807, 2.05) is 29.2 Å². The van der Waals surface area contributed by atoms with Crippen molar-refractivity contribution in [2.45, 2.75) is 25.7 Å². The summed E-state index contributed by atoms with van der Waals surface area (Å²) in [7, 11) is 0. The van der Waals surface area contributed by atoms with Crippen molar-refractivity contribution in [3.8, 4) is 0 Å². The Morgan fingerprint density at radius 2 is 1.90 bits per heavy atom. The largest absolute Gasteiger partial charge is 0.370 e. The van der Waals surface area contributed by atoms with Crippen molar-refractivity contribution < 1.29 is 4.79 Å². The number of nitrogens with two attached hydrogens (primary N) is 1. The number of amides is 1. The van der Waals surface area contributed by atoms with E-state index in [9.17, 15) is 4.79 Å². The van der Waals surface area contributed by atoms with Crippen LogP contribution >= 0.6 is 24.0 Å². The number of aliphatic imine (C=N–C) groups is 1. The molecule has 1 aromatic carbocycles. The molecule has 160 valence electrons. The molecule has 7 nitrogen and oxygen atoms in total. The van der Waals surface area contributed by atoms with Crippen molar-refractivity contribution in [3.63, 3.8) is 0 Å². The maximum Gasteiger partial charge on any atom is 0.224 e. The molecular formula is C22H29IN6O. The summed E-state index contributed by atoms with van der Waals surface area (Å²) in [5, 5.41) is 3.14. The van der Waals surface area contributed by atoms with Gasteiger partial charge in [0.1, 0.15) is 5.82 Å². The average molecular weight is 520 g/mol. The lowest BCUT2D eigenvalue weighted by atomic mass is 10.1. The highest BCUT2D eigenvalue weighted by molar-refractivity contribution is 14.0. The Morgan fingerprint density at radius 3 is 2.67 bits per heavy atom. The highest BCUT2D eigenvalue weighted by Crippen LogP contribution is 2.24. The zero-order valence-electron chi connectivity index (χ0n) is 17.1. The Morgan fingerprint density at radius 1 is 1.10 bits per heavy atom. The lowest BCUT2D eigenvalue weighted by Gasteiger charge is -2.35. The third-order valence-corrected chi connectivity index (χ3v) is 5.58. The van der Waals surface area contributed by atoms with Crippen LogP contribution in [0.1, 0.15) is 24.0 Å². The molecule has 3 N–H and O–H groups in total. The molecule has 8 heteroatoms. The molecule has 30 heavy (non-hydrogen) atoms. The number of carbonyl (C=O) groups is 1. The number of benzene rings is 1. The number of hydrogen-bond donors (Lipinski definition) is 2. The molecule has 0 atom stereocenters. The summed E-state index contributed by atoms with van der Waals surface area (Å²) in [5.74, 6) is 1.45. The molecule has 1 amide bonds. The zero-order chi connectivity index (χ0) is 20.1. The predicted octanol–water partition coefficient (Wildman–Crippen LogP) is 2.65. The van der Waals surface area contributed by atoms with Gasteiger partial charge in [-0.3, -0.25) is 9.79 Å². The number of nitrogens with zero attached hydrogens (tertiary/aromatic N) is 4. The number of aromatic nitrogens is 1. The fourth-order valence-electron chi connectivity index (χ4n) is 3.99. The minimum atomic E-state index is 0. The third-order valence-electron chi connectivity index (χ3n) is 5.58. The minimum absolute atomic E-state index is 0. The summed E-state index contributed by atoms with van der Waals surface area (Å²) in [5.41, 5.74) is 9.78. The first-order valence-corrected chi connectivity index (χ1v) is 10.3. The number of aryl methyl sites for hydroxylation is 2. The number of anilines is 2. The predicted molar refractivity (Wildman–Crippen MR) is 132 cm³/mol. The van der Waals surface area contributed by atoms with Crippen LogP contribution < -0.4 is 16.0 Å². The second kappa shape index (κ2) is 10.6.